The van der Waals surface area contributed by atoms with E-state index in [2.05, 4.69) is 24.3 Å². The van der Waals surface area contributed by atoms with E-state index in [-0.39, 0.29) is 29.9 Å². The maximum Gasteiger partial charge on any atom is 0.241 e. The van der Waals surface area contributed by atoms with E-state index in [4.69, 9.17) is 37.9 Å². The lowest BCUT2D eigenvalue weighted by molar-refractivity contribution is 0.441. The van der Waals surface area contributed by atoms with E-state index in [9.17, 15) is 5.11 Å². The van der Waals surface area contributed by atoms with Gasteiger partial charge in [0.2, 0.25) is 17.8 Å². The summed E-state index contributed by atoms with van der Waals surface area (Å²) in [5.41, 5.74) is 27.0. The van der Waals surface area contributed by atoms with Crippen LogP contribution in [0, 0.1) is 0 Å². The minimum Gasteiger partial charge on any atom is -0.508 e. The summed E-state index contributed by atoms with van der Waals surface area (Å²) in [5.74, 6) is 1.61. The first-order valence-corrected chi connectivity index (χ1v) is 13.7. The maximum atomic E-state index is 10.0. The van der Waals surface area contributed by atoms with Crippen molar-refractivity contribution in [3.05, 3.63) is 66.7 Å². The number of aromatic hydroxyl groups is 1. The summed E-state index contributed by atoms with van der Waals surface area (Å²) in [6.07, 6.45) is 1.49. The molecule has 40 heavy (non-hydrogen) atoms. The second-order valence-electron chi connectivity index (χ2n) is 10.9. The molecule has 2 aliphatic heterocycles. The van der Waals surface area contributed by atoms with Crippen molar-refractivity contribution in [1.29, 1.82) is 0 Å². The van der Waals surface area contributed by atoms with Gasteiger partial charge in [-0.25, -0.2) is 0 Å². The molecule has 0 radical (unpaired) electrons. The monoisotopic (exact) mass is 540 g/mol. The summed E-state index contributed by atoms with van der Waals surface area (Å²) in [5, 5.41) is 12.2. The van der Waals surface area contributed by atoms with Crippen LogP contribution in [0.5, 0.6) is 5.75 Å². The Hall–Kier alpha value is -4.03. The molecule has 1 aromatic heterocycles. The average Bonchev–Trinajstić information content (AvgIpc) is 2.93. The highest BCUT2D eigenvalue weighted by Gasteiger charge is 2.30. The molecule has 0 amide bonds. The smallest absolute Gasteiger partial charge is 0.241 e. The number of aromatic nitrogens is 3. The minimum atomic E-state index is -0.0852. The molecular formula is C29H36N10O. The Morgan fingerprint density at radius 1 is 0.625 bits per heavy atom. The molecule has 208 valence electrons. The summed E-state index contributed by atoms with van der Waals surface area (Å²) < 4.78 is 0. The number of fused-ring (bicyclic) bond motifs is 1. The third-order valence-corrected chi connectivity index (χ3v) is 7.50. The van der Waals surface area contributed by atoms with Crippen molar-refractivity contribution in [1.82, 2.24) is 15.0 Å². The van der Waals surface area contributed by atoms with E-state index in [0.29, 0.717) is 44.0 Å². The normalized spacial score (nSPS) is 23.4. The Morgan fingerprint density at radius 2 is 1.12 bits per heavy atom. The Bertz CT molecular complexity index is 1420. The number of nitrogens with two attached hydrogens (primary N) is 4. The van der Waals surface area contributed by atoms with Gasteiger partial charge in [-0.15, -0.1) is 0 Å². The van der Waals surface area contributed by atoms with Gasteiger partial charge in [0.15, 0.2) is 0 Å². The maximum absolute atomic E-state index is 10.0. The van der Waals surface area contributed by atoms with Crippen molar-refractivity contribution in [3.8, 4) is 5.75 Å². The lowest BCUT2D eigenvalue weighted by Gasteiger charge is -2.37. The molecule has 4 aromatic rings. The molecule has 2 aliphatic rings. The molecule has 4 unspecified atom stereocenters. The Morgan fingerprint density at radius 3 is 1.68 bits per heavy atom. The summed E-state index contributed by atoms with van der Waals surface area (Å²) in [7, 11) is 0. The molecule has 0 aliphatic carbocycles. The van der Waals surface area contributed by atoms with E-state index in [1.165, 1.54) is 0 Å². The van der Waals surface area contributed by atoms with Crippen LogP contribution in [0.3, 0.4) is 0 Å². The fraction of sp³-hybridized carbons (Fsp3) is 0.345. The topological polar surface area (TPSA) is 173 Å². The number of nitrogens with zero attached hydrogens (tertiary/aromatic N) is 6. The van der Waals surface area contributed by atoms with E-state index < -0.39 is 0 Å². The second kappa shape index (κ2) is 10.9. The zero-order chi connectivity index (χ0) is 27.8. The van der Waals surface area contributed by atoms with Gasteiger partial charge < -0.3 is 37.8 Å². The predicted molar refractivity (Wildman–Crippen MR) is 159 cm³/mol. The van der Waals surface area contributed by atoms with Gasteiger partial charge in [0, 0.05) is 61.7 Å². The minimum absolute atomic E-state index is 0.0852. The predicted octanol–water partition coefficient (Wildman–Crippen LogP) is 1.93. The number of anilines is 5. The number of rotatable bonds is 5. The number of phenols is 1. The summed E-state index contributed by atoms with van der Waals surface area (Å²) in [6, 6.07) is 21.0. The van der Waals surface area contributed by atoms with Crippen molar-refractivity contribution >= 4 is 40.0 Å². The van der Waals surface area contributed by atoms with E-state index in [0.717, 1.165) is 35.0 Å². The van der Waals surface area contributed by atoms with Crippen LogP contribution in [0.2, 0.25) is 0 Å². The molecular weight excluding hydrogens is 504 g/mol. The van der Waals surface area contributed by atoms with Gasteiger partial charge in [-0.3, -0.25) is 4.90 Å². The molecule has 9 N–H and O–H groups in total. The highest BCUT2D eigenvalue weighted by molar-refractivity contribution is 5.88. The largest absolute Gasteiger partial charge is 0.508 e. The molecule has 11 nitrogen and oxygen atoms in total. The van der Waals surface area contributed by atoms with Crippen LogP contribution in [0.1, 0.15) is 12.8 Å². The Kier molecular flexibility index (Phi) is 7.11. The third kappa shape index (κ3) is 5.50. The van der Waals surface area contributed by atoms with Gasteiger partial charge in [-0.1, -0.05) is 30.3 Å². The van der Waals surface area contributed by atoms with Crippen LogP contribution in [-0.2, 0) is 0 Å². The number of piperidine rings is 2. The van der Waals surface area contributed by atoms with Crippen LogP contribution in [0.4, 0.5) is 29.2 Å². The summed E-state index contributed by atoms with van der Waals surface area (Å²) >= 11 is 0. The fourth-order valence-electron chi connectivity index (χ4n) is 5.71. The quantitative estimate of drug-likeness (QED) is 0.250. The average molecular weight is 541 g/mol. The highest BCUT2D eigenvalue weighted by atomic mass is 16.3. The van der Waals surface area contributed by atoms with Gasteiger partial charge in [0.1, 0.15) is 5.75 Å². The number of hydrogen-bond donors (Lipinski definition) is 5. The third-order valence-electron chi connectivity index (χ3n) is 7.50. The fourth-order valence-corrected chi connectivity index (χ4v) is 5.71. The second-order valence-corrected chi connectivity index (χ2v) is 10.9. The Labute approximate surface area is 233 Å². The van der Waals surface area contributed by atoms with E-state index in [1.54, 1.807) is 12.1 Å². The van der Waals surface area contributed by atoms with E-state index in [1.807, 2.05) is 45.0 Å². The van der Waals surface area contributed by atoms with Gasteiger partial charge in [-0.2, -0.15) is 15.0 Å². The Balaban J connectivity index is 1.51. The zero-order valence-corrected chi connectivity index (χ0v) is 22.3. The number of hydrogen-bond acceptors (Lipinski definition) is 11. The lowest BCUT2D eigenvalue weighted by atomic mass is 10.0. The number of phenolic OH excluding ortho intramolecular Hbond substituents is 1. The first kappa shape index (κ1) is 26.2. The van der Waals surface area contributed by atoms with Crippen molar-refractivity contribution in [2.45, 2.75) is 37.0 Å². The molecule has 4 atom stereocenters. The molecule has 0 saturated carbocycles. The zero-order valence-electron chi connectivity index (χ0n) is 22.3. The van der Waals surface area contributed by atoms with Crippen LogP contribution < -0.4 is 37.6 Å². The van der Waals surface area contributed by atoms with Crippen molar-refractivity contribution in [3.63, 3.8) is 0 Å². The van der Waals surface area contributed by atoms with E-state index >= 15 is 0 Å². The summed E-state index contributed by atoms with van der Waals surface area (Å²) in [4.78, 5) is 20.9. The number of benzene rings is 3. The van der Waals surface area contributed by atoms with Crippen molar-refractivity contribution in [2.24, 2.45) is 22.9 Å². The van der Waals surface area contributed by atoms with Crippen molar-refractivity contribution in [2.75, 3.05) is 40.9 Å². The SMILES string of the molecule is NC1CC(N)CN(c2nc(N3CC(N)CC(N)C3)nc(N(c3ccc(O)cc3)c3ccc4ccccc4c3)n2)C1. The van der Waals surface area contributed by atoms with Gasteiger partial charge in [0.25, 0.3) is 0 Å². The molecule has 2 saturated heterocycles. The van der Waals surface area contributed by atoms with Crippen LogP contribution in [-0.4, -0.2) is 70.4 Å². The first-order valence-electron chi connectivity index (χ1n) is 13.7. The standard InChI is InChI=1S/C29H36N10O/c30-20-12-21(31)15-37(14-20)27-34-28(38-16-22(32)13-23(33)17-38)36-29(35-27)39(24-7-9-26(40)10-8-24)25-6-5-18-3-1-2-4-19(18)11-25/h1-11,20-23,40H,12-17,30-33H2. The first-order chi connectivity index (χ1) is 19.3. The molecule has 11 heteroatoms. The molecule has 3 aromatic carbocycles. The van der Waals surface area contributed by atoms with Gasteiger partial charge >= 0.3 is 0 Å². The van der Waals surface area contributed by atoms with Gasteiger partial charge in [0.05, 0.1) is 0 Å². The molecule has 0 bridgehead atoms. The summed E-state index contributed by atoms with van der Waals surface area (Å²) in [6.45, 7) is 2.35. The van der Waals surface area contributed by atoms with Crippen LogP contribution in [0.15, 0.2) is 66.7 Å². The van der Waals surface area contributed by atoms with Crippen LogP contribution in [0.25, 0.3) is 10.8 Å². The lowest BCUT2D eigenvalue weighted by Crippen LogP contribution is -2.54. The van der Waals surface area contributed by atoms with Crippen LogP contribution >= 0.6 is 0 Å². The molecule has 0 spiro atoms. The molecule has 2 fully saturated rings. The highest BCUT2D eigenvalue weighted by Crippen LogP contribution is 2.36. The molecule has 6 rings (SSSR count). The molecule has 3 heterocycles. The van der Waals surface area contributed by atoms with Gasteiger partial charge in [-0.05, 0) is 60.0 Å². The van der Waals surface area contributed by atoms with Crippen molar-refractivity contribution < 1.29 is 5.11 Å².